The molecule has 3 aliphatic rings. The lowest BCUT2D eigenvalue weighted by Crippen LogP contribution is -2.30. The van der Waals surface area contributed by atoms with Gasteiger partial charge in [-0.15, -0.1) is 0 Å². The van der Waals surface area contributed by atoms with E-state index < -0.39 is 59.6 Å². The summed E-state index contributed by atoms with van der Waals surface area (Å²) >= 11 is 0. The molecule has 2 unspecified atom stereocenters. The first-order chi connectivity index (χ1) is 38.8. The molecule has 80 heavy (non-hydrogen) atoms. The van der Waals surface area contributed by atoms with Crippen molar-refractivity contribution in [2.24, 2.45) is 11.8 Å². The van der Waals surface area contributed by atoms with Crippen molar-refractivity contribution >= 4 is 47.8 Å². The van der Waals surface area contributed by atoms with Crippen LogP contribution < -0.4 is 28.4 Å². The van der Waals surface area contributed by atoms with Crippen LogP contribution in [0.25, 0.3) is 0 Å². The van der Waals surface area contributed by atoms with Gasteiger partial charge in [0.05, 0.1) is 61.6 Å². The van der Waals surface area contributed by atoms with E-state index in [1.807, 2.05) is 0 Å². The summed E-state index contributed by atoms with van der Waals surface area (Å²) in [5, 5.41) is 0. The van der Waals surface area contributed by atoms with E-state index in [1.165, 1.54) is 60.7 Å². The van der Waals surface area contributed by atoms with Crippen LogP contribution in [0.4, 0.5) is 0 Å². The summed E-state index contributed by atoms with van der Waals surface area (Å²) in [5.74, 6) is -5.90. The molecule has 0 amide bonds. The fourth-order valence-electron chi connectivity index (χ4n) is 8.59. The van der Waals surface area contributed by atoms with Crippen LogP contribution in [-0.4, -0.2) is 113 Å². The Labute approximate surface area is 462 Å². The number of unbranched alkanes of at least 4 members (excludes halogenated alkanes) is 2. The zero-order chi connectivity index (χ0) is 56.6. The highest BCUT2D eigenvalue weighted by Gasteiger charge is 2.33. The van der Waals surface area contributed by atoms with Gasteiger partial charge in [0.15, 0.2) is 0 Å². The fourth-order valence-corrected chi connectivity index (χ4v) is 8.59. The third kappa shape index (κ3) is 18.4. The maximum absolute atomic E-state index is 13.6. The second-order valence-electron chi connectivity index (χ2n) is 18.9. The van der Waals surface area contributed by atoms with Crippen molar-refractivity contribution in [2.75, 3.05) is 52.9 Å². The van der Waals surface area contributed by atoms with Crippen LogP contribution in [0, 0.1) is 11.8 Å². The van der Waals surface area contributed by atoms with Crippen LogP contribution in [0.2, 0.25) is 0 Å². The summed E-state index contributed by atoms with van der Waals surface area (Å²) in [6.07, 6.45) is 8.12. The van der Waals surface area contributed by atoms with Gasteiger partial charge < -0.3 is 56.8 Å². The Kier molecular flexibility index (Phi) is 22.8. The molecule has 2 aliphatic heterocycles. The van der Waals surface area contributed by atoms with Crippen molar-refractivity contribution in [1.29, 1.82) is 0 Å². The van der Waals surface area contributed by atoms with Crippen LogP contribution in [0.1, 0.15) is 118 Å². The van der Waals surface area contributed by atoms with Crippen LogP contribution in [-0.2, 0) is 47.6 Å². The first kappa shape index (κ1) is 59.3. The second-order valence-corrected chi connectivity index (χ2v) is 18.9. The molecule has 3 fully saturated rings. The van der Waals surface area contributed by atoms with E-state index in [0.29, 0.717) is 76.5 Å². The lowest BCUT2D eigenvalue weighted by atomic mass is 9.82. The fraction of sp³-hybridized carbons (Fsp3) is 0.400. The van der Waals surface area contributed by atoms with Crippen LogP contribution >= 0.6 is 0 Å². The van der Waals surface area contributed by atoms with E-state index >= 15 is 0 Å². The SMILES string of the molecule is C=CC(=O)OCCCCOc1ccc(C(=O)Oc2ccc(OC(=O)C3CCC(C(=O)Oc4ccc(OC(=O)c5ccc(OCCCCOC(=O)C=C)cc5)c(C(=O)OCC5CCCO5)c4)CC3)cc2C(=O)OCC2CCCO2)cc1. The first-order valence-corrected chi connectivity index (χ1v) is 26.6. The van der Waals surface area contributed by atoms with Gasteiger partial charge in [0.1, 0.15) is 58.8 Å². The lowest BCUT2D eigenvalue weighted by molar-refractivity contribution is -0.145. The molecule has 424 valence electrons. The molecule has 20 heteroatoms. The smallest absolute Gasteiger partial charge is 0.343 e. The Morgan fingerprint density at radius 2 is 0.812 bits per heavy atom. The number of hydrogen-bond acceptors (Lipinski definition) is 20. The highest BCUT2D eigenvalue weighted by Crippen LogP contribution is 2.34. The number of rotatable bonds is 28. The van der Waals surface area contributed by atoms with Crippen molar-refractivity contribution in [1.82, 2.24) is 0 Å². The number of carbonyl (C=O) groups is 8. The summed E-state index contributed by atoms with van der Waals surface area (Å²) in [4.78, 5) is 103. The highest BCUT2D eigenvalue weighted by atomic mass is 16.6. The number of ether oxygens (including phenoxy) is 12. The van der Waals surface area contributed by atoms with Crippen LogP contribution in [0.5, 0.6) is 34.5 Å². The molecule has 2 saturated heterocycles. The predicted octanol–water partition coefficient (Wildman–Crippen LogP) is 8.89. The molecular weight excluding hydrogens is 1040 g/mol. The summed E-state index contributed by atoms with van der Waals surface area (Å²) in [7, 11) is 0. The molecular formula is C60H64O20. The normalized spacial score (nSPS) is 17.4. The molecule has 2 atom stereocenters. The number of benzene rings is 4. The number of esters is 8. The molecule has 1 saturated carbocycles. The van der Waals surface area contributed by atoms with Gasteiger partial charge in [-0.3, -0.25) is 9.59 Å². The van der Waals surface area contributed by atoms with Crippen molar-refractivity contribution in [3.63, 3.8) is 0 Å². The molecule has 4 aromatic carbocycles. The third-order valence-corrected chi connectivity index (χ3v) is 13.0. The largest absolute Gasteiger partial charge is 0.494 e. The standard InChI is InChI=1S/C60H64O20/c1-3-53(61)73-31-7-5-29-69-43-21-17-41(18-22-43)57(65)79-51-27-25-45(35-49(51)59(67)75-37-47-11-9-33-71-47)77-55(63)39-13-15-40(16-14-39)56(64)78-46-26-28-52(50(36-46)60(68)76-38-48-12-10-34-72-48)80-58(66)42-19-23-44(24-20-42)70-30-6-8-32-74-54(62)4-2/h3-4,17-28,35-36,39-40,47-48H,1-2,5-16,29-34,37-38H2. The topological polar surface area (TPSA) is 247 Å². The van der Waals surface area contributed by atoms with Crippen LogP contribution in [0.15, 0.2) is 110 Å². The molecule has 0 aromatic heterocycles. The van der Waals surface area contributed by atoms with E-state index in [1.54, 1.807) is 24.3 Å². The minimum absolute atomic E-state index is 0.00200. The lowest BCUT2D eigenvalue weighted by Gasteiger charge is -2.26. The maximum Gasteiger partial charge on any atom is 0.343 e. The Morgan fingerprint density at radius 1 is 0.438 bits per heavy atom. The monoisotopic (exact) mass is 1100 g/mol. The quantitative estimate of drug-likeness (QED) is 0.0169. The van der Waals surface area contributed by atoms with E-state index in [0.717, 1.165) is 25.0 Å². The van der Waals surface area contributed by atoms with Gasteiger partial charge in [0.25, 0.3) is 0 Å². The van der Waals surface area contributed by atoms with E-state index in [4.69, 9.17) is 56.8 Å². The van der Waals surface area contributed by atoms with Gasteiger partial charge in [-0.05, 0) is 162 Å². The van der Waals surface area contributed by atoms with Crippen molar-refractivity contribution in [3.05, 3.63) is 132 Å². The summed E-state index contributed by atoms with van der Waals surface area (Å²) in [6.45, 7) is 8.89. The Balaban J connectivity index is 0.926. The van der Waals surface area contributed by atoms with Gasteiger partial charge in [-0.25, -0.2) is 28.8 Å². The van der Waals surface area contributed by atoms with Gasteiger partial charge in [0.2, 0.25) is 0 Å². The average molecular weight is 1110 g/mol. The van der Waals surface area contributed by atoms with E-state index in [-0.39, 0.29) is 110 Å². The molecule has 0 bridgehead atoms. The molecule has 4 aromatic rings. The minimum atomic E-state index is -0.828. The Hall–Kier alpha value is -8.36. The molecule has 20 nitrogen and oxygen atoms in total. The van der Waals surface area contributed by atoms with Crippen molar-refractivity contribution < 1.29 is 95.2 Å². The van der Waals surface area contributed by atoms with Crippen molar-refractivity contribution in [2.45, 2.75) is 89.3 Å². The molecule has 0 spiro atoms. The highest BCUT2D eigenvalue weighted by molar-refractivity contribution is 5.98. The molecule has 7 rings (SSSR count). The van der Waals surface area contributed by atoms with Gasteiger partial charge in [-0.1, -0.05) is 13.2 Å². The molecule has 1 aliphatic carbocycles. The van der Waals surface area contributed by atoms with Gasteiger partial charge in [0, 0.05) is 25.4 Å². The zero-order valence-electron chi connectivity index (χ0n) is 44.3. The van der Waals surface area contributed by atoms with Crippen molar-refractivity contribution in [3.8, 4) is 34.5 Å². The predicted molar refractivity (Wildman–Crippen MR) is 283 cm³/mol. The number of carbonyl (C=O) groups excluding carboxylic acids is 8. The summed E-state index contributed by atoms with van der Waals surface area (Å²) in [6, 6.07) is 20.4. The maximum atomic E-state index is 13.6. The third-order valence-electron chi connectivity index (χ3n) is 13.0. The van der Waals surface area contributed by atoms with E-state index in [2.05, 4.69) is 13.2 Å². The zero-order valence-corrected chi connectivity index (χ0v) is 44.3. The van der Waals surface area contributed by atoms with Gasteiger partial charge in [-0.2, -0.15) is 0 Å². The Bertz CT molecular complexity index is 2610. The Morgan fingerprint density at radius 3 is 1.18 bits per heavy atom. The molecule has 2 heterocycles. The molecule has 0 radical (unpaired) electrons. The van der Waals surface area contributed by atoms with Gasteiger partial charge >= 0.3 is 47.8 Å². The first-order valence-electron chi connectivity index (χ1n) is 26.6. The van der Waals surface area contributed by atoms with E-state index in [9.17, 15) is 38.4 Å². The minimum Gasteiger partial charge on any atom is -0.494 e. The summed E-state index contributed by atoms with van der Waals surface area (Å²) in [5.41, 5.74) is 0.00301. The second kappa shape index (κ2) is 30.7. The summed E-state index contributed by atoms with van der Waals surface area (Å²) < 4.78 is 66.5. The van der Waals surface area contributed by atoms with Crippen LogP contribution in [0.3, 0.4) is 0 Å². The molecule has 0 N–H and O–H groups in total. The average Bonchev–Trinajstić information content (AvgIpc) is 4.24. The number of hydrogen-bond donors (Lipinski definition) is 0.